The lowest BCUT2D eigenvalue weighted by molar-refractivity contribution is -0.124. The van der Waals surface area contributed by atoms with Gasteiger partial charge in [-0.2, -0.15) is 4.31 Å². The van der Waals surface area contributed by atoms with Gasteiger partial charge >= 0.3 is 0 Å². The van der Waals surface area contributed by atoms with Crippen LogP contribution < -0.4 is 10.6 Å². The average molecular weight is 575 g/mol. The Morgan fingerprint density at radius 2 is 1.68 bits per heavy atom. The van der Waals surface area contributed by atoms with E-state index in [0.29, 0.717) is 40.7 Å². The van der Waals surface area contributed by atoms with Crippen molar-refractivity contribution in [2.45, 2.75) is 50.2 Å². The number of aryl methyl sites for hydroxylation is 1. The summed E-state index contributed by atoms with van der Waals surface area (Å²) >= 11 is 12.0. The second-order valence-corrected chi connectivity index (χ2v) is 12.0. The van der Waals surface area contributed by atoms with Crippen molar-refractivity contribution in [3.63, 3.8) is 0 Å². The number of amides is 2. The zero-order valence-electron chi connectivity index (χ0n) is 20.9. The fraction of sp³-hybridized carbons (Fsp3) is 0.286. The quantitative estimate of drug-likeness (QED) is 0.392. The molecule has 3 aromatic rings. The van der Waals surface area contributed by atoms with Crippen molar-refractivity contribution in [2.24, 2.45) is 0 Å². The van der Waals surface area contributed by atoms with E-state index in [2.05, 4.69) is 10.6 Å². The number of carbonyl (C=O) groups excluding carboxylic acids is 2. The number of sulfonamides is 1. The van der Waals surface area contributed by atoms with Crippen LogP contribution >= 0.6 is 23.2 Å². The molecule has 38 heavy (non-hydrogen) atoms. The minimum atomic E-state index is -4.01. The van der Waals surface area contributed by atoms with E-state index < -0.39 is 16.1 Å². The number of carbonyl (C=O) groups is 2. The summed E-state index contributed by atoms with van der Waals surface area (Å²) in [5, 5.41) is 6.74. The average Bonchev–Trinajstić information content (AvgIpc) is 3.12. The first-order valence-corrected chi connectivity index (χ1v) is 14.5. The molecule has 1 aliphatic heterocycles. The third-order valence-corrected chi connectivity index (χ3v) is 8.94. The van der Waals surface area contributed by atoms with Crippen LogP contribution in [0.1, 0.15) is 46.3 Å². The summed E-state index contributed by atoms with van der Waals surface area (Å²) in [6.45, 7) is 2.78. The monoisotopic (exact) mass is 573 g/mol. The summed E-state index contributed by atoms with van der Waals surface area (Å²) in [6, 6.07) is 17.3. The highest BCUT2D eigenvalue weighted by atomic mass is 35.5. The second-order valence-electron chi connectivity index (χ2n) is 9.26. The van der Waals surface area contributed by atoms with Gasteiger partial charge in [-0.1, -0.05) is 41.4 Å². The van der Waals surface area contributed by atoms with Crippen molar-refractivity contribution in [3.8, 4) is 0 Å². The maximum Gasteiger partial charge on any atom is 0.251 e. The molecule has 7 nitrogen and oxygen atoms in total. The fourth-order valence-electron chi connectivity index (χ4n) is 4.35. The largest absolute Gasteiger partial charge is 0.355 e. The van der Waals surface area contributed by atoms with Gasteiger partial charge < -0.3 is 10.6 Å². The molecule has 1 aliphatic rings. The van der Waals surface area contributed by atoms with Crippen LogP contribution in [0.25, 0.3) is 0 Å². The third kappa shape index (κ3) is 6.74. The number of nitrogens with zero attached hydrogens (tertiary/aromatic N) is 1. The minimum Gasteiger partial charge on any atom is -0.355 e. The predicted molar refractivity (Wildman–Crippen MR) is 149 cm³/mol. The maximum atomic E-state index is 13.7. The van der Waals surface area contributed by atoms with E-state index in [4.69, 9.17) is 23.2 Å². The van der Waals surface area contributed by atoms with Crippen molar-refractivity contribution in [1.82, 2.24) is 14.9 Å². The van der Waals surface area contributed by atoms with Crippen LogP contribution in [0.2, 0.25) is 10.0 Å². The van der Waals surface area contributed by atoms with Crippen molar-refractivity contribution in [1.29, 1.82) is 0 Å². The third-order valence-electron chi connectivity index (χ3n) is 6.58. The van der Waals surface area contributed by atoms with E-state index in [1.807, 2.05) is 19.1 Å². The van der Waals surface area contributed by atoms with Crippen molar-refractivity contribution in [3.05, 3.63) is 99.0 Å². The zero-order chi connectivity index (χ0) is 27.3. The van der Waals surface area contributed by atoms with Gasteiger partial charge in [0, 0.05) is 35.2 Å². The van der Waals surface area contributed by atoms with Gasteiger partial charge in [-0.3, -0.25) is 9.59 Å². The minimum absolute atomic E-state index is 0.0212. The molecule has 2 N–H and O–H groups in total. The lowest BCUT2D eigenvalue weighted by atomic mass is 10.1. The second kappa shape index (κ2) is 12.3. The molecule has 0 saturated carbocycles. The molecule has 0 bridgehead atoms. The Morgan fingerprint density at radius 1 is 1.00 bits per heavy atom. The molecule has 0 aliphatic carbocycles. The van der Waals surface area contributed by atoms with E-state index >= 15 is 0 Å². The van der Waals surface area contributed by atoms with Gasteiger partial charge in [0.15, 0.2) is 0 Å². The summed E-state index contributed by atoms with van der Waals surface area (Å²) in [5.41, 5.74) is 3.04. The molecular formula is C28H29Cl2N3O4S. The standard InChI is InChI=1S/C28H29Cl2N3O4S/c1-19-5-10-24(30)16-22(19)17-32-27(34)21-8-6-20(7-9-21)18-33(26-4-2-3-15-31-28(26)35)38(36,37)25-13-11-23(29)12-14-25/h5-14,16,26H,2-4,15,17-18H2,1H3,(H,31,35)(H,32,34)/t26-/m1/s1. The molecule has 10 heteroatoms. The van der Waals surface area contributed by atoms with Crippen LogP contribution in [0.5, 0.6) is 0 Å². The molecule has 2 amide bonds. The Hall–Kier alpha value is -2.91. The molecular weight excluding hydrogens is 545 g/mol. The summed E-state index contributed by atoms with van der Waals surface area (Å²) in [6.07, 6.45) is 1.93. The number of nitrogens with one attached hydrogen (secondary N) is 2. The highest BCUT2D eigenvalue weighted by Gasteiger charge is 2.36. The van der Waals surface area contributed by atoms with Gasteiger partial charge in [0.25, 0.3) is 5.91 Å². The number of hydrogen-bond acceptors (Lipinski definition) is 4. The topological polar surface area (TPSA) is 95.6 Å². The molecule has 3 aromatic carbocycles. The van der Waals surface area contributed by atoms with E-state index in [1.54, 1.807) is 30.3 Å². The molecule has 4 rings (SSSR count). The fourth-order valence-corrected chi connectivity index (χ4v) is 6.28. The van der Waals surface area contributed by atoms with Crippen molar-refractivity contribution in [2.75, 3.05) is 6.54 Å². The van der Waals surface area contributed by atoms with Gasteiger partial charge in [0.2, 0.25) is 15.9 Å². The molecule has 1 atom stereocenters. The smallest absolute Gasteiger partial charge is 0.251 e. The SMILES string of the molecule is Cc1ccc(Cl)cc1CNC(=O)c1ccc(CN([C@@H]2CCCCNC2=O)S(=O)(=O)c2ccc(Cl)cc2)cc1. The van der Waals surface area contributed by atoms with Crippen LogP contribution in [0, 0.1) is 6.92 Å². The normalized spacial score (nSPS) is 16.1. The molecule has 0 spiro atoms. The number of benzene rings is 3. The van der Waals surface area contributed by atoms with Crippen molar-refractivity contribution >= 4 is 45.0 Å². The van der Waals surface area contributed by atoms with Gasteiger partial charge in [0.05, 0.1) is 4.90 Å². The summed E-state index contributed by atoms with van der Waals surface area (Å²) in [7, 11) is -4.01. The Bertz CT molecular complexity index is 1410. The summed E-state index contributed by atoms with van der Waals surface area (Å²) < 4.78 is 28.6. The number of hydrogen-bond donors (Lipinski definition) is 2. The highest BCUT2D eigenvalue weighted by Crippen LogP contribution is 2.26. The lowest BCUT2D eigenvalue weighted by Crippen LogP contribution is -2.48. The maximum absolute atomic E-state index is 13.7. The molecule has 1 saturated heterocycles. The van der Waals surface area contributed by atoms with Crippen LogP contribution in [0.3, 0.4) is 0 Å². The van der Waals surface area contributed by atoms with Crippen LogP contribution in [0.4, 0.5) is 0 Å². The lowest BCUT2D eigenvalue weighted by Gasteiger charge is -2.29. The van der Waals surface area contributed by atoms with Gasteiger partial charge in [-0.15, -0.1) is 0 Å². The Morgan fingerprint density at radius 3 is 2.39 bits per heavy atom. The molecule has 0 unspecified atom stereocenters. The van der Waals surface area contributed by atoms with Gasteiger partial charge in [-0.05, 0) is 91.4 Å². The first-order valence-electron chi connectivity index (χ1n) is 12.3. The molecule has 0 aromatic heterocycles. The van der Waals surface area contributed by atoms with Crippen LogP contribution in [-0.2, 0) is 27.9 Å². The molecule has 1 fully saturated rings. The molecule has 200 valence electrons. The number of halogens is 2. The van der Waals surface area contributed by atoms with Gasteiger partial charge in [0.1, 0.15) is 6.04 Å². The molecule has 1 heterocycles. The van der Waals surface area contributed by atoms with E-state index in [9.17, 15) is 18.0 Å². The zero-order valence-corrected chi connectivity index (χ0v) is 23.2. The van der Waals surface area contributed by atoms with E-state index in [0.717, 1.165) is 24.0 Å². The van der Waals surface area contributed by atoms with E-state index in [1.165, 1.54) is 28.6 Å². The Labute approximate surface area is 233 Å². The predicted octanol–water partition coefficient (Wildman–Crippen LogP) is 5.09. The molecule has 0 radical (unpaired) electrons. The van der Waals surface area contributed by atoms with Gasteiger partial charge in [-0.25, -0.2) is 8.42 Å². The summed E-state index contributed by atoms with van der Waals surface area (Å²) in [4.78, 5) is 25.7. The van der Waals surface area contributed by atoms with Crippen molar-refractivity contribution < 1.29 is 18.0 Å². The Balaban J connectivity index is 1.54. The van der Waals surface area contributed by atoms with Crippen LogP contribution in [-0.4, -0.2) is 37.1 Å². The first-order chi connectivity index (χ1) is 18.1. The van der Waals surface area contributed by atoms with E-state index in [-0.39, 0.29) is 23.3 Å². The Kier molecular flexibility index (Phi) is 9.10. The highest BCUT2D eigenvalue weighted by molar-refractivity contribution is 7.89. The first kappa shape index (κ1) is 28.1. The van der Waals surface area contributed by atoms with Crippen LogP contribution in [0.15, 0.2) is 71.6 Å². The summed E-state index contributed by atoms with van der Waals surface area (Å²) in [5.74, 6) is -0.572. The number of rotatable bonds is 8.